The molecule has 0 unspecified atom stereocenters. The highest BCUT2D eigenvalue weighted by molar-refractivity contribution is 7.16. The molecule has 2 aliphatic rings. The van der Waals surface area contributed by atoms with Crippen LogP contribution in [0, 0.1) is 0 Å². The highest BCUT2D eigenvalue weighted by Crippen LogP contribution is 2.52. The average Bonchev–Trinajstić information content (AvgIpc) is 3.51. The van der Waals surface area contributed by atoms with Crippen molar-refractivity contribution in [3.63, 3.8) is 0 Å². The van der Waals surface area contributed by atoms with Crippen molar-refractivity contribution in [2.45, 2.75) is 37.6 Å². The van der Waals surface area contributed by atoms with Crippen LogP contribution in [0.2, 0.25) is 0 Å². The number of hydrogen-bond acceptors (Lipinski definition) is 5. The summed E-state index contributed by atoms with van der Waals surface area (Å²) in [4.78, 5) is 25.3. The maximum absolute atomic E-state index is 12.8. The molecule has 0 amide bonds. The molecular formula is C24H22N4OS. The number of aryl methyl sites for hydroxylation is 1. The number of thiazole rings is 1. The van der Waals surface area contributed by atoms with Crippen molar-refractivity contribution in [1.29, 1.82) is 0 Å². The molecule has 0 radical (unpaired) electrons. The van der Waals surface area contributed by atoms with E-state index in [1.165, 1.54) is 21.4 Å². The highest BCUT2D eigenvalue weighted by Gasteiger charge is 2.48. The first-order chi connectivity index (χ1) is 14.7. The van der Waals surface area contributed by atoms with Gasteiger partial charge in [-0.1, -0.05) is 30.3 Å². The largest absolute Gasteiger partial charge is 0.312 e. The number of aromatic nitrogens is 3. The van der Waals surface area contributed by atoms with E-state index in [1.807, 2.05) is 5.51 Å². The minimum absolute atomic E-state index is 0.0162. The maximum atomic E-state index is 12.8. The second kappa shape index (κ2) is 6.86. The molecule has 3 heterocycles. The Bertz CT molecular complexity index is 1320. The average molecular weight is 415 g/mol. The van der Waals surface area contributed by atoms with Crippen molar-refractivity contribution in [1.82, 2.24) is 20.3 Å². The molecule has 0 bridgehead atoms. The van der Waals surface area contributed by atoms with Gasteiger partial charge < -0.3 is 10.3 Å². The Morgan fingerprint density at radius 3 is 2.87 bits per heavy atom. The van der Waals surface area contributed by atoms with Crippen molar-refractivity contribution >= 4 is 21.6 Å². The van der Waals surface area contributed by atoms with Crippen molar-refractivity contribution in [2.75, 3.05) is 6.54 Å². The zero-order valence-electron chi connectivity index (χ0n) is 16.6. The molecule has 1 aliphatic heterocycles. The predicted octanol–water partition coefficient (Wildman–Crippen LogP) is 4.16. The number of nitrogens with one attached hydrogen (secondary N) is 2. The van der Waals surface area contributed by atoms with Crippen LogP contribution in [0.3, 0.4) is 0 Å². The molecule has 5 nitrogen and oxygen atoms in total. The SMILES string of the molecule is O=c1[nH]c(C2(c3cccc(-c4ccc5ncsc5c4)c3)CC2)nc2c1CNCCC2. The van der Waals surface area contributed by atoms with E-state index in [-0.39, 0.29) is 11.0 Å². The third-order valence-electron chi connectivity index (χ3n) is 6.45. The molecular weight excluding hydrogens is 392 g/mol. The molecule has 1 saturated carbocycles. The van der Waals surface area contributed by atoms with Crippen LogP contribution in [0.5, 0.6) is 0 Å². The number of hydrogen-bond donors (Lipinski definition) is 2. The van der Waals surface area contributed by atoms with Gasteiger partial charge in [-0.15, -0.1) is 11.3 Å². The fraction of sp³-hybridized carbons (Fsp3) is 0.292. The quantitative estimate of drug-likeness (QED) is 0.528. The summed E-state index contributed by atoms with van der Waals surface area (Å²) in [6.07, 6.45) is 3.92. The Morgan fingerprint density at radius 2 is 1.97 bits per heavy atom. The van der Waals surface area contributed by atoms with Crippen LogP contribution < -0.4 is 10.9 Å². The summed E-state index contributed by atoms with van der Waals surface area (Å²) in [7, 11) is 0. The Hall–Kier alpha value is -2.83. The van der Waals surface area contributed by atoms with Crippen LogP contribution in [0.1, 0.15) is 41.9 Å². The summed E-state index contributed by atoms with van der Waals surface area (Å²) in [6.45, 7) is 1.54. The molecule has 2 aromatic heterocycles. The van der Waals surface area contributed by atoms with Crippen LogP contribution in [-0.2, 0) is 18.4 Å². The van der Waals surface area contributed by atoms with Gasteiger partial charge in [0.1, 0.15) is 5.82 Å². The van der Waals surface area contributed by atoms with Crippen molar-refractivity contribution < 1.29 is 0 Å². The van der Waals surface area contributed by atoms with Gasteiger partial charge in [0.2, 0.25) is 0 Å². The summed E-state index contributed by atoms with van der Waals surface area (Å²) in [5, 5.41) is 3.32. The van der Waals surface area contributed by atoms with Gasteiger partial charge in [-0.25, -0.2) is 9.97 Å². The molecule has 150 valence electrons. The van der Waals surface area contributed by atoms with E-state index in [9.17, 15) is 4.79 Å². The van der Waals surface area contributed by atoms with Crippen LogP contribution in [-0.4, -0.2) is 21.5 Å². The second-order valence-corrected chi connectivity index (χ2v) is 9.20. The van der Waals surface area contributed by atoms with Crippen molar-refractivity contribution in [3.05, 3.63) is 81.0 Å². The van der Waals surface area contributed by atoms with E-state index in [4.69, 9.17) is 4.98 Å². The Kier molecular flexibility index (Phi) is 4.11. The summed E-state index contributed by atoms with van der Waals surface area (Å²) < 4.78 is 1.20. The third kappa shape index (κ3) is 2.90. The number of rotatable bonds is 3. The first-order valence-electron chi connectivity index (χ1n) is 10.5. The van der Waals surface area contributed by atoms with Crippen LogP contribution in [0.4, 0.5) is 0 Å². The molecule has 0 atom stereocenters. The maximum Gasteiger partial charge on any atom is 0.255 e. The minimum Gasteiger partial charge on any atom is -0.312 e. The second-order valence-electron chi connectivity index (χ2n) is 8.32. The minimum atomic E-state index is -0.168. The van der Waals surface area contributed by atoms with E-state index in [0.717, 1.165) is 54.8 Å². The van der Waals surface area contributed by atoms with E-state index >= 15 is 0 Å². The molecule has 2 N–H and O–H groups in total. The van der Waals surface area contributed by atoms with Crippen molar-refractivity contribution in [2.24, 2.45) is 0 Å². The third-order valence-corrected chi connectivity index (χ3v) is 7.24. The smallest absolute Gasteiger partial charge is 0.255 e. The lowest BCUT2D eigenvalue weighted by Crippen LogP contribution is -2.26. The van der Waals surface area contributed by atoms with E-state index in [0.29, 0.717) is 6.54 Å². The fourth-order valence-corrected chi connectivity index (χ4v) is 5.29. The normalized spacial score (nSPS) is 17.5. The van der Waals surface area contributed by atoms with Gasteiger partial charge in [-0.2, -0.15) is 0 Å². The standard InChI is InChI=1S/C24H22N4OS/c29-22-18-13-25-10-2-5-19(18)27-23(28-22)24(8-9-24)17-4-1-3-15(11-17)16-6-7-20-21(12-16)30-14-26-20/h1,3-4,6-7,11-12,14,25H,2,5,8-10,13H2,(H,27,28,29). The fourth-order valence-electron chi connectivity index (χ4n) is 4.57. The monoisotopic (exact) mass is 414 g/mol. The molecule has 2 aromatic carbocycles. The number of aromatic amines is 1. The highest BCUT2D eigenvalue weighted by atomic mass is 32.1. The molecule has 1 fully saturated rings. The molecule has 30 heavy (non-hydrogen) atoms. The van der Waals surface area contributed by atoms with Gasteiger partial charge in [0.05, 0.1) is 32.4 Å². The van der Waals surface area contributed by atoms with Crippen LogP contribution in [0.15, 0.2) is 52.8 Å². The van der Waals surface area contributed by atoms with Gasteiger partial charge in [0.15, 0.2) is 0 Å². The van der Waals surface area contributed by atoms with E-state index in [1.54, 1.807) is 11.3 Å². The Labute approximate surface area is 178 Å². The Morgan fingerprint density at radius 1 is 1.07 bits per heavy atom. The molecule has 4 aromatic rings. The van der Waals surface area contributed by atoms with Gasteiger partial charge in [-0.3, -0.25) is 4.79 Å². The molecule has 0 spiro atoms. The van der Waals surface area contributed by atoms with E-state index in [2.05, 4.69) is 57.7 Å². The molecule has 6 heteroatoms. The van der Waals surface area contributed by atoms with E-state index < -0.39 is 0 Å². The summed E-state index contributed by atoms with van der Waals surface area (Å²) in [6, 6.07) is 15.1. The first kappa shape index (κ1) is 18.0. The first-order valence-corrected chi connectivity index (χ1v) is 11.4. The predicted molar refractivity (Wildman–Crippen MR) is 120 cm³/mol. The lowest BCUT2D eigenvalue weighted by Gasteiger charge is -2.18. The molecule has 6 rings (SSSR count). The number of benzene rings is 2. The van der Waals surface area contributed by atoms with Crippen LogP contribution >= 0.6 is 11.3 Å². The van der Waals surface area contributed by atoms with Crippen LogP contribution in [0.25, 0.3) is 21.3 Å². The van der Waals surface area contributed by atoms with Gasteiger partial charge >= 0.3 is 0 Å². The zero-order valence-corrected chi connectivity index (χ0v) is 17.4. The lowest BCUT2D eigenvalue weighted by atomic mass is 9.91. The zero-order chi connectivity index (χ0) is 20.1. The summed E-state index contributed by atoms with van der Waals surface area (Å²) in [5.41, 5.74) is 8.17. The number of nitrogens with zero attached hydrogens (tertiary/aromatic N) is 2. The molecule has 1 aliphatic carbocycles. The number of fused-ring (bicyclic) bond motifs is 2. The Balaban J connectivity index is 1.42. The van der Waals surface area contributed by atoms with Crippen molar-refractivity contribution in [3.8, 4) is 11.1 Å². The van der Waals surface area contributed by atoms with Gasteiger partial charge in [0.25, 0.3) is 5.56 Å². The lowest BCUT2D eigenvalue weighted by molar-refractivity contribution is 0.678. The summed E-state index contributed by atoms with van der Waals surface area (Å²) in [5.74, 6) is 0.836. The number of H-pyrrole nitrogens is 1. The summed E-state index contributed by atoms with van der Waals surface area (Å²) >= 11 is 1.67. The van der Waals surface area contributed by atoms with Gasteiger partial charge in [0, 0.05) is 6.54 Å². The molecule has 0 saturated heterocycles. The topological polar surface area (TPSA) is 70.7 Å². The van der Waals surface area contributed by atoms with Gasteiger partial charge in [-0.05, 0) is 61.1 Å².